The van der Waals surface area contributed by atoms with E-state index in [-0.39, 0.29) is 11.7 Å². The predicted molar refractivity (Wildman–Crippen MR) is 129 cm³/mol. The number of benzene rings is 2. The second-order valence-corrected chi connectivity index (χ2v) is 9.17. The van der Waals surface area contributed by atoms with Crippen molar-refractivity contribution in [1.82, 2.24) is 29.9 Å². The van der Waals surface area contributed by atoms with Crippen LogP contribution >= 0.6 is 23.1 Å². The highest BCUT2D eigenvalue weighted by Gasteiger charge is 2.20. The van der Waals surface area contributed by atoms with Crippen molar-refractivity contribution in [2.45, 2.75) is 12.1 Å². The molecule has 5 aromatic rings. The second kappa shape index (κ2) is 9.04. The van der Waals surface area contributed by atoms with Gasteiger partial charge in [0.15, 0.2) is 11.0 Å². The lowest BCUT2D eigenvalue weighted by molar-refractivity contribution is -0.113. The molecule has 0 atom stereocenters. The molecule has 11 heteroatoms. The summed E-state index contributed by atoms with van der Waals surface area (Å²) in [6.07, 6.45) is 1.92. The molecule has 0 aliphatic rings. The van der Waals surface area contributed by atoms with Gasteiger partial charge in [0.2, 0.25) is 11.0 Å². The van der Waals surface area contributed by atoms with Gasteiger partial charge in [0, 0.05) is 28.4 Å². The van der Waals surface area contributed by atoms with Crippen LogP contribution in [0.25, 0.3) is 28.0 Å². The maximum atomic E-state index is 12.5. The zero-order valence-corrected chi connectivity index (χ0v) is 19.4. The summed E-state index contributed by atoms with van der Waals surface area (Å²) < 4.78 is 7.25. The van der Waals surface area contributed by atoms with Gasteiger partial charge >= 0.3 is 0 Å². The Hall–Kier alpha value is -3.70. The summed E-state index contributed by atoms with van der Waals surface area (Å²) >= 11 is 2.63. The summed E-state index contributed by atoms with van der Waals surface area (Å²) in [6, 6.07) is 15.7. The zero-order chi connectivity index (χ0) is 22.8. The molecule has 0 unspecified atom stereocenters. The molecule has 0 saturated carbocycles. The summed E-state index contributed by atoms with van der Waals surface area (Å²) in [5.41, 5.74) is 2.80. The Balaban J connectivity index is 1.49. The number of ether oxygens (including phenoxy) is 1. The van der Waals surface area contributed by atoms with Gasteiger partial charge in [0.1, 0.15) is 10.8 Å². The van der Waals surface area contributed by atoms with Gasteiger partial charge in [0.05, 0.1) is 12.9 Å². The Morgan fingerprint density at radius 3 is 2.70 bits per heavy atom. The lowest BCUT2D eigenvalue weighted by Gasteiger charge is -2.11. The van der Waals surface area contributed by atoms with Crippen molar-refractivity contribution >= 4 is 45.0 Å². The number of aryl methyl sites for hydroxylation is 1. The third-order valence-electron chi connectivity index (χ3n) is 4.90. The summed E-state index contributed by atoms with van der Waals surface area (Å²) in [5.74, 6) is 1.40. The van der Waals surface area contributed by atoms with Crippen molar-refractivity contribution in [2.24, 2.45) is 0 Å². The number of aromatic amines is 1. The van der Waals surface area contributed by atoms with Crippen LogP contribution < -0.4 is 10.1 Å². The molecule has 3 aromatic heterocycles. The number of aromatic nitrogens is 6. The molecule has 0 bridgehead atoms. The van der Waals surface area contributed by atoms with E-state index in [9.17, 15) is 4.79 Å². The highest BCUT2D eigenvalue weighted by atomic mass is 32.2. The van der Waals surface area contributed by atoms with E-state index in [1.807, 2.05) is 66.2 Å². The van der Waals surface area contributed by atoms with Crippen LogP contribution in [0.2, 0.25) is 0 Å². The number of rotatable bonds is 7. The SMILES string of the molecule is COc1ccc(-n2c(SCC(=O)Nc3nnc(C)s3)nnc2-c2c[nH]c3ccccc23)cc1. The number of anilines is 1. The Morgan fingerprint density at radius 1 is 1.12 bits per heavy atom. The minimum Gasteiger partial charge on any atom is -0.497 e. The maximum absolute atomic E-state index is 12.5. The molecule has 0 fully saturated rings. The number of carbonyl (C=O) groups excluding carboxylic acids is 1. The molecule has 0 spiro atoms. The van der Waals surface area contributed by atoms with E-state index in [1.165, 1.54) is 23.1 Å². The smallest absolute Gasteiger partial charge is 0.236 e. The maximum Gasteiger partial charge on any atom is 0.236 e. The first-order valence-electron chi connectivity index (χ1n) is 10.0. The number of hydrogen-bond acceptors (Lipinski definition) is 8. The van der Waals surface area contributed by atoms with Gasteiger partial charge < -0.3 is 9.72 Å². The molecule has 33 heavy (non-hydrogen) atoms. The van der Waals surface area contributed by atoms with Crippen LogP contribution in [0.5, 0.6) is 5.75 Å². The number of H-pyrrole nitrogens is 1. The molecule has 1 amide bonds. The minimum absolute atomic E-state index is 0.154. The normalized spacial score (nSPS) is 11.1. The van der Waals surface area contributed by atoms with Gasteiger partial charge in [0.25, 0.3) is 0 Å². The van der Waals surface area contributed by atoms with Crippen LogP contribution in [-0.4, -0.2) is 48.7 Å². The highest BCUT2D eigenvalue weighted by molar-refractivity contribution is 7.99. The van der Waals surface area contributed by atoms with Gasteiger partial charge in [-0.05, 0) is 37.3 Å². The summed E-state index contributed by atoms with van der Waals surface area (Å²) in [4.78, 5) is 15.8. The topological polar surface area (TPSA) is 111 Å². The van der Waals surface area contributed by atoms with Crippen molar-refractivity contribution in [3.05, 3.63) is 59.7 Å². The molecule has 0 aliphatic carbocycles. The largest absolute Gasteiger partial charge is 0.497 e. The van der Waals surface area contributed by atoms with E-state index in [2.05, 4.69) is 30.7 Å². The number of fused-ring (bicyclic) bond motifs is 1. The fourth-order valence-electron chi connectivity index (χ4n) is 3.39. The second-order valence-electron chi connectivity index (χ2n) is 7.05. The first-order valence-corrected chi connectivity index (χ1v) is 11.8. The molecule has 2 aromatic carbocycles. The van der Waals surface area contributed by atoms with E-state index < -0.39 is 0 Å². The van der Waals surface area contributed by atoms with Gasteiger partial charge in [-0.2, -0.15) is 0 Å². The number of methoxy groups -OCH3 is 1. The average molecular weight is 478 g/mol. The van der Waals surface area contributed by atoms with E-state index in [0.29, 0.717) is 16.1 Å². The lowest BCUT2D eigenvalue weighted by atomic mass is 10.1. The fraction of sp³-hybridized carbons (Fsp3) is 0.136. The lowest BCUT2D eigenvalue weighted by Crippen LogP contribution is -2.14. The highest BCUT2D eigenvalue weighted by Crippen LogP contribution is 2.33. The quantitative estimate of drug-likeness (QED) is 0.336. The third kappa shape index (κ3) is 4.32. The van der Waals surface area contributed by atoms with Crippen molar-refractivity contribution in [3.8, 4) is 22.8 Å². The molecule has 166 valence electrons. The molecule has 9 nitrogen and oxygen atoms in total. The van der Waals surface area contributed by atoms with Crippen LogP contribution in [0.1, 0.15) is 5.01 Å². The van der Waals surface area contributed by atoms with E-state index >= 15 is 0 Å². The van der Waals surface area contributed by atoms with Crippen LogP contribution in [0, 0.1) is 6.92 Å². The Morgan fingerprint density at radius 2 is 1.94 bits per heavy atom. The van der Waals surface area contributed by atoms with Crippen molar-refractivity contribution < 1.29 is 9.53 Å². The van der Waals surface area contributed by atoms with Gasteiger partial charge in [-0.15, -0.1) is 20.4 Å². The Labute approximate surface area is 197 Å². The fourth-order valence-corrected chi connectivity index (χ4v) is 4.75. The van der Waals surface area contributed by atoms with E-state index in [1.54, 1.807) is 7.11 Å². The molecule has 5 rings (SSSR count). The van der Waals surface area contributed by atoms with Gasteiger partial charge in [-0.3, -0.25) is 14.7 Å². The number of nitrogens with one attached hydrogen (secondary N) is 2. The van der Waals surface area contributed by atoms with Crippen LogP contribution in [-0.2, 0) is 4.79 Å². The minimum atomic E-state index is -0.186. The molecular weight excluding hydrogens is 458 g/mol. The number of para-hydroxylation sites is 1. The number of amides is 1. The van der Waals surface area contributed by atoms with Crippen LogP contribution in [0.4, 0.5) is 5.13 Å². The molecule has 0 aliphatic heterocycles. The molecule has 2 N–H and O–H groups in total. The summed E-state index contributed by atoms with van der Waals surface area (Å²) in [6.45, 7) is 1.84. The van der Waals surface area contributed by atoms with Crippen molar-refractivity contribution in [3.63, 3.8) is 0 Å². The van der Waals surface area contributed by atoms with Crippen molar-refractivity contribution in [2.75, 3.05) is 18.2 Å². The monoisotopic (exact) mass is 477 g/mol. The number of hydrogen-bond donors (Lipinski definition) is 2. The van der Waals surface area contributed by atoms with Crippen LogP contribution in [0.15, 0.2) is 59.9 Å². The predicted octanol–water partition coefficient (Wildman–Crippen LogP) is 4.31. The number of thioether (sulfide) groups is 1. The molecular formula is C22H19N7O2S2. The first-order chi connectivity index (χ1) is 16.1. The number of nitrogens with zero attached hydrogens (tertiary/aromatic N) is 5. The van der Waals surface area contributed by atoms with Crippen molar-refractivity contribution in [1.29, 1.82) is 0 Å². The first kappa shape index (κ1) is 21.2. The van der Waals surface area contributed by atoms with E-state index in [4.69, 9.17) is 4.74 Å². The average Bonchev–Trinajstić information content (AvgIpc) is 3.55. The van der Waals surface area contributed by atoms with Gasteiger partial charge in [-0.1, -0.05) is 41.3 Å². The van der Waals surface area contributed by atoms with E-state index in [0.717, 1.165) is 32.9 Å². The Kier molecular flexibility index (Phi) is 5.80. The molecule has 0 radical (unpaired) electrons. The summed E-state index contributed by atoms with van der Waals surface area (Å²) in [7, 11) is 1.63. The molecule has 0 saturated heterocycles. The zero-order valence-electron chi connectivity index (χ0n) is 17.8. The summed E-state index contributed by atoms with van der Waals surface area (Å²) in [5, 5.41) is 22.4. The Bertz CT molecular complexity index is 1420. The molecule has 3 heterocycles. The third-order valence-corrected chi connectivity index (χ3v) is 6.58. The van der Waals surface area contributed by atoms with Crippen LogP contribution in [0.3, 0.4) is 0 Å². The van der Waals surface area contributed by atoms with Gasteiger partial charge in [-0.25, -0.2) is 0 Å². The standard InChI is InChI=1S/C22H19N7O2S2/c1-13-25-27-21(33-13)24-19(30)12-32-22-28-26-20(17-11-23-18-6-4-3-5-16(17)18)29(22)14-7-9-15(31-2)10-8-14/h3-11,23H,12H2,1-2H3,(H,24,27,30). The number of carbonyl (C=O) groups is 1.